The molecule has 0 bridgehead atoms. The monoisotopic (exact) mass is 181 g/mol. The minimum atomic E-state index is 0.500. The zero-order valence-corrected chi connectivity index (χ0v) is 9.26. The van der Waals surface area contributed by atoms with E-state index in [1.807, 2.05) is 0 Å². The van der Waals surface area contributed by atoms with E-state index in [4.69, 9.17) is 5.73 Å². The summed E-state index contributed by atoms with van der Waals surface area (Å²) in [5, 5.41) is 0. The molecule has 0 radical (unpaired) electrons. The van der Waals surface area contributed by atoms with Crippen molar-refractivity contribution in [3.8, 4) is 0 Å². The molecule has 0 spiro atoms. The van der Waals surface area contributed by atoms with Crippen molar-refractivity contribution in [1.29, 1.82) is 0 Å². The van der Waals surface area contributed by atoms with Crippen LogP contribution in [0, 0.1) is 0 Å². The van der Waals surface area contributed by atoms with E-state index in [9.17, 15) is 0 Å². The van der Waals surface area contributed by atoms with Gasteiger partial charge in [-0.15, -0.1) is 0 Å². The summed E-state index contributed by atoms with van der Waals surface area (Å²) >= 11 is 0. The van der Waals surface area contributed by atoms with Gasteiger partial charge in [0.05, 0.1) is 0 Å². The first kappa shape index (κ1) is 11.1. The molecule has 0 aromatic heterocycles. The molecule has 0 saturated heterocycles. The van der Waals surface area contributed by atoms with Gasteiger partial charge in [0.25, 0.3) is 0 Å². The van der Waals surface area contributed by atoms with Gasteiger partial charge in [0.15, 0.2) is 0 Å². The fourth-order valence-electron chi connectivity index (χ4n) is 2.53. The first-order valence-corrected chi connectivity index (χ1v) is 5.94. The minimum Gasteiger partial charge on any atom is -0.328 e. The Morgan fingerprint density at radius 2 is 1.62 bits per heavy atom. The van der Waals surface area contributed by atoms with Gasteiger partial charge in [-0.2, -0.15) is 0 Å². The van der Waals surface area contributed by atoms with Crippen LogP contribution < -0.4 is 5.73 Å². The predicted molar refractivity (Wildman–Crippen MR) is 61.7 cm³/mol. The second kappa shape index (κ2) is 5.69. The molecule has 2 N–H and O–H groups in total. The molecule has 0 aromatic rings. The van der Waals surface area contributed by atoms with Gasteiger partial charge in [0.2, 0.25) is 0 Å². The van der Waals surface area contributed by atoms with E-state index in [1.165, 1.54) is 45.8 Å². The molecular weight excluding hydrogens is 157 g/mol. The fourth-order valence-corrected chi connectivity index (χ4v) is 2.53. The van der Waals surface area contributed by atoms with Crippen LogP contribution in [0.4, 0.5) is 0 Å². The lowest BCUT2D eigenvalue weighted by Gasteiger charge is -2.22. The molecule has 1 aliphatic rings. The third kappa shape index (κ3) is 4.71. The lowest BCUT2D eigenvalue weighted by molar-refractivity contribution is 0.451. The Hall–Kier alpha value is 0.0249. The fraction of sp³-hybridized carbons (Fsp3) is 1.00. The number of rotatable bonds is 2. The molecule has 0 aromatic carbocycles. The SMILES string of the molecule is CC(C)BC1CCCC(N)CCC1. The summed E-state index contributed by atoms with van der Waals surface area (Å²) in [6.45, 7) is 4.68. The molecule has 0 amide bonds. The molecule has 1 rings (SSSR count). The molecule has 13 heavy (non-hydrogen) atoms. The molecule has 1 aliphatic carbocycles. The number of hydrogen-bond donors (Lipinski definition) is 1. The van der Waals surface area contributed by atoms with Crippen LogP contribution in [0.5, 0.6) is 0 Å². The van der Waals surface area contributed by atoms with Gasteiger partial charge >= 0.3 is 0 Å². The van der Waals surface area contributed by atoms with Crippen molar-refractivity contribution < 1.29 is 0 Å². The van der Waals surface area contributed by atoms with Crippen molar-refractivity contribution in [2.75, 3.05) is 0 Å². The Labute approximate surface area is 83.7 Å². The van der Waals surface area contributed by atoms with Crippen LogP contribution in [0.2, 0.25) is 11.6 Å². The van der Waals surface area contributed by atoms with Crippen LogP contribution in [-0.4, -0.2) is 13.3 Å². The maximum atomic E-state index is 5.95. The van der Waals surface area contributed by atoms with E-state index < -0.39 is 0 Å². The van der Waals surface area contributed by atoms with Gasteiger partial charge in [-0.05, 0) is 12.8 Å². The molecule has 0 aliphatic heterocycles. The molecule has 1 saturated carbocycles. The zero-order valence-electron chi connectivity index (χ0n) is 9.26. The summed E-state index contributed by atoms with van der Waals surface area (Å²) in [6.07, 6.45) is 8.08. The zero-order chi connectivity index (χ0) is 9.68. The summed E-state index contributed by atoms with van der Waals surface area (Å²) in [5.41, 5.74) is 5.95. The van der Waals surface area contributed by atoms with Gasteiger partial charge in [-0.3, -0.25) is 0 Å². The normalized spacial score (nSPS) is 31.1. The van der Waals surface area contributed by atoms with Crippen LogP contribution >= 0.6 is 0 Å². The third-order valence-electron chi connectivity index (χ3n) is 3.18. The van der Waals surface area contributed by atoms with Crippen LogP contribution in [0.3, 0.4) is 0 Å². The maximum Gasteiger partial charge on any atom is 0.126 e. The molecule has 0 unspecified atom stereocenters. The molecular formula is C11H24BN. The second-order valence-electron chi connectivity index (χ2n) is 5.12. The Kier molecular flexibility index (Phi) is 4.86. The molecule has 76 valence electrons. The molecule has 0 heterocycles. The lowest BCUT2D eigenvalue weighted by Crippen LogP contribution is -2.22. The maximum absolute atomic E-state index is 5.95. The summed E-state index contributed by atoms with van der Waals surface area (Å²) in [6, 6.07) is 0.500. The summed E-state index contributed by atoms with van der Waals surface area (Å²) < 4.78 is 0. The third-order valence-corrected chi connectivity index (χ3v) is 3.18. The lowest BCUT2D eigenvalue weighted by atomic mass is 9.53. The van der Waals surface area contributed by atoms with Gasteiger partial charge in [-0.1, -0.05) is 51.2 Å². The van der Waals surface area contributed by atoms with E-state index in [-0.39, 0.29) is 0 Å². The Bertz CT molecular complexity index is 126. The summed E-state index contributed by atoms with van der Waals surface area (Å²) in [4.78, 5) is 0. The van der Waals surface area contributed by atoms with Crippen molar-refractivity contribution in [1.82, 2.24) is 0 Å². The topological polar surface area (TPSA) is 26.0 Å². The summed E-state index contributed by atoms with van der Waals surface area (Å²) in [5.74, 6) is 1.87. The van der Waals surface area contributed by atoms with Gasteiger partial charge in [0, 0.05) is 6.04 Å². The molecule has 1 nitrogen and oxygen atoms in total. The van der Waals surface area contributed by atoms with E-state index in [2.05, 4.69) is 13.8 Å². The van der Waals surface area contributed by atoms with Crippen LogP contribution in [0.25, 0.3) is 0 Å². The van der Waals surface area contributed by atoms with E-state index in [0.717, 1.165) is 11.6 Å². The summed E-state index contributed by atoms with van der Waals surface area (Å²) in [7, 11) is 1.43. The Morgan fingerprint density at radius 3 is 2.08 bits per heavy atom. The average molecular weight is 181 g/mol. The van der Waals surface area contributed by atoms with Crippen LogP contribution in [0.1, 0.15) is 52.4 Å². The van der Waals surface area contributed by atoms with Crippen LogP contribution in [0.15, 0.2) is 0 Å². The van der Waals surface area contributed by atoms with Crippen molar-refractivity contribution in [3.63, 3.8) is 0 Å². The average Bonchev–Trinajstić information content (AvgIpc) is 1.99. The van der Waals surface area contributed by atoms with Crippen LogP contribution in [-0.2, 0) is 0 Å². The highest BCUT2D eigenvalue weighted by atomic mass is 14.6. The Balaban J connectivity index is 2.24. The number of nitrogens with two attached hydrogens (primary N) is 1. The Morgan fingerprint density at radius 1 is 1.08 bits per heavy atom. The van der Waals surface area contributed by atoms with Gasteiger partial charge in [-0.25, -0.2) is 0 Å². The largest absolute Gasteiger partial charge is 0.328 e. The van der Waals surface area contributed by atoms with Crippen molar-refractivity contribution in [2.24, 2.45) is 5.73 Å². The number of hydrogen-bond acceptors (Lipinski definition) is 1. The van der Waals surface area contributed by atoms with Crippen molar-refractivity contribution in [2.45, 2.75) is 70.0 Å². The van der Waals surface area contributed by atoms with E-state index >= 15 is 0 Å². The highest BCUT2D eigenvalue weighted by molar-refractivity contribution is 6.39. The second-order valence-corrected chi connectivity index (χ2v) is 5.12. The highest BCUT2D eigenvalue weighted by Gasteiger charge is 2.16. The van der Waals surface area contributed by atoms with E-state index in [0.29, 0.717) is 6.04 Å². The smallest absolute Gasteiger partial charge is 0.126 e. The van der Waals surface area contributed by atoms with Gasteiger partial charge in [0.1, 0.15) is 7.28 Å². The van der Waals surface area contributed by atoms with Crippen molar-refractivity contribution in [3.05, 3.63) is 0 Å². The quantitative estimate of drug-likeness (QED) is 0.651. The molecule has 0 atom stereocenters. The molecule has 2 heteroatoms. The van der Waals surface area contributed by atoms with E-state index in [1.54, 1.807) is 0 Å². The highest BCUT2D eigenvalue weighted by Crippen LogP contribution is 2.28. The first-order chi connectivity index (χ1) is 6.18. The van der Waals surface area contributed by atoms with Gasteiger partial charge < -0.3 is 5.73 Å². The van der Waals surface area contributed by atoms with Crippen molar-refractivity contribution >= 4 is 7.28 Å². The standard InChI is InChI=1S/C11H24BN/c1-9(2)12-10-5-3-7-11(13)8-4-6-10/h9-12H,3-8,13H2,1-2H3. The molecule has 1 fully saturated rings. The first-order valence-electron chi connectivity index (χ1n) is 5.94. The minimum absolute atomic E-state index is 0.500. The predicted octanol–water partition coefficient (Wildman–Crippen LogP) is 2.72.